The largest absolute Gasteiger partial charge is 0.493 e. The maximum absolute atomic E-state index is 13.4. The summed E-state index contributed by atoms with van der Waals surface area (Å²) in [6, 6.07) is 22.7. The summed E-state index contributed by atoms with van der Waals surface area (Å²) in [5.74, 6) is 1.15. The fourth-order valence-electron chi connectivity index (χ4n) is 4.07. The van der Waals surface area contributed by atoms with E-state index < -0.39 is 0 Å². The van der Waals surface area contributed by atoms with Crippen LogP contribution in [-0.4, -0.2) is 41.8 Å². The van der Waals surface area contributed by atoms with Gasteiger partial charge in [-0.1, -0.05) is 47.5 Å². The number of thiophene rings is 1. The second kappa shape index (κ2) is 11.6. The number of ether oxygens (including phenoxy) is 2. The molecule has 0 N–H and O–H groups in total. The lowest BCUT2D eigenvalue weighted by Gasteiger charge is -2.18. The standard InChI is InChI=1S/C29H25Cl2N3O3S/c1-33(17-19-3-7-21(30)8-4-19)13-14-37-25-12-11-23(15-26(25)36-2)34-18-32-24-16-27(38-28(24)29(34)35)20-5-9-22(31)10-6-20/h3-12,15-16,18H,13-14,17H2,1-2H3. The summed E-state index contributed by atoms with van der Waals surface area (Å²) in [6.07, 6.45) is 1.55. The van der Waals surface area contributed by atoms with Gasteiger partial charge in [-0.15, -0.1) is 11.3 Å². The number of benzene rings is 3. The van der Waals surface area contributed by atoms with Crippen molar-refractivity contribution in [3.8, 4) is 27.6 Å². The second-order valence-electron chi connectivity index (χ2n) is 8.80. The zero-order chi connectivity index (χ0) is 26.6. The van der Waals surface area contributed by atoms with E-state index in [0.29, 0.717) is 39.0 Å². The van der Waals surface area contributed by atoms with Crippen molar-refractivity contribution in [1.82, 2.24) is 14.5 Å². The number of likely N-dealkylation sites (N-methyl/N-ethyl adjacent to an activating group) is 1. The van der Waals surface area contributed by atoms with E-state index in [9.17, 15) is 4.79 Å². The van der Waals surface area contributed by atoms with Crippen molar-refractivity contribution < 1.29 is 9.47 Å². The Labute approximate surface area is 234 Å². The van der Waals surface area contributed by atoms with Gasteiger partial charge >= 0.3 is 0 Å². The van der Waals surface area contributed by atoms with Gasteiger partial charge in [-0.3, -0.25) is 14.3 Å². The highest BCUT2D eigenvalue weighted by molar-refractivity contribution is 7.22. The molecule has 194 valence electrons. The topological polar surface area (TPSA) is 56.6 Å². The maximum atomic E-state index is 13.4. The van der Waals surface area contributed by atoms with E-state index in [-0.39, 0.29) is 5.56 Å². The molecule has 5 aromatic rings. The van der Waals surface area contributed by atoms with Crippen molar-refractivity contribution in [2.45, 2.75) is 6.54 Å². The fourth-order valence-corrected chi connectivity index (χ4v) is 5.37. The van der Waals surface area contributed by atoms with Crippen LogP contribution in [0.2, 0.25) is 10.0 Å². The molecular formula is C29H25Cl2N3O3S. The molecule has 3 aromatic carbocycles. The van der Waals surface area contributed by atoms with Crippen LogP contribution in [0.1, 0.15) is 5.56 Å². The molecule has 0 aliphatic rings. The minimum absolute atomic E-state index is 0.139. The van der Waals surface area contributed by atoms with Gasteiger partial charge in [-0.05, 0) is 60.6 Å². The Morgan fingerprint density at radius 2 is 1.66 bits per heavy atom. The van der Waals surface area contributed by atoms with Gasteiger partial charge in [0.25, 0.3) is 5.56 Å². The summed E-state index contributed by atoms with van der Waals surface area (Å²) in [5.41, 5.74) is 3.34. The van der Waals surface area contributed by atoms with Gasteiger partial charge in [0.1, 0.15) is 17.6 Å². The molecule has 6 nitrogen and oxygen atoms in total. The van der Waals surface area contributed by atoms with E-state index >= 15 is 0 Å². The molecule has 0 bridgehead atoms. The van der Waals surface area contributed by atoms with E-state index in [1.807, 2.05) is 73.8 Å². The first-order chi connectivity index (χ1) is 18.4. The smallest absolute Gasteiger partial charge is 0.275 e. The highest BCUT2D eigenvalue weighted by Crippen LogP contribution is 2.33. The summed E-state index contributed by atoms with van der Waals surface area (Å²) in [5, 5.41) is 1.40. The van der Waals surface area contributed by atoms with Gasteiger partial charge in [-0.2, -0.15) is 0 Å². The van der Waals surface area contributed by atoms with Crippen molar-refractivity contribution in [1.29, 1.82) is 0 Å². The maximum Gasteiger partial charge on any atom is 0.275 e. The van der Waals surface area contributed by atoms with Gasteiger partial charge in [0, 0.05) is 34.1 Å². The molecule has 0 saturated carbocycles. The van der Waals surface area contributed by atoms with Crippen LogP contribution in [0.3, 0.4) is 0 Å². The van der Waals surface area contributed by atoms with Gasteiger partial charge in [0.05, 0.1) is 18.3 Å². The number of rotatable bonds is 9. The van der Waals surface area contributed by atoms with Gasteiger partial charge < -0.3 is 9.47 Å². The first kappa shape index (κ1) is 26.3. The number of methoxy groups -OCH3 is 1. The Kier molecular flexibility index (Phi) is 8.00. The highest BCUT2D eigenvalue weighted by atomic mass is 35.5. The molecule has 2 aromatic heterocycles. The second-order valence-corrected chi connectivity index (χ2v) is 10.7. The van der Waals surface area contributed by atoms with E-state index in [0.717, 1.165) is 28.6 Å². The SMILES string of the molecule is COc1cc(-n2cnc3cc(-c4ccc(Cl)cc4)sc3c2=O)ccc1OCCN(C)Cc1ccc(Cl)cc1. The molecule has 0 amide bonds. The average Bonchev–Trinajstić information content (AvgIpc) is 3.36. The zero-order valence-corrected chi connectivity index (χ0v) is 23.2. The molecule has 5 rings (SSSR count). The molecule has 0 saturated heterocycles. The normalized spacial score (nSPS) is 11.3. The molecule has 2 heterocycles. The Balaban J connectivity index is 1.30. The predicted molar refractivity (Wildman–Crippen MR) is 155 cm³/mol. The monoisotopic (exact) mass is 565 g/mol. The van der Waals surface area contributed by atoms with E-state index in [4.69, 9.17) is 32.7 Å². The molecule has 38 heavy (non-hydrogen) atoms. The predicted octanol–water partition coefficient (Wildman–Crippen LogP) is 6.94. The Morgan fingerprint density at radius 3 is 2.37 bits per heavy atom. The molecule has 0 atom stereocenters. The number of hydrogen-bond donors (Lipinski definition) is 0. The Bertz CT molecular complexity index is 1620. The molecule has 0 fully saturated rings. The van der Waals surface area contributed by atoms with Crippen LogP contribution in [0.15, 0.2) is 83.9 Å². The molecule has 9 heteroatoms. The van der Waals surface area contributed by atoms with E-state index in [2.05, 4.69) is 9.88 Å². The molecule has 0 aliphatic carbocycles. The minimum Gasteiger partial charge on any atom is -0.493 e. The van der Waals surface area contributed by atoms with Crippen LogP contribution in [0.25, 0.3) is 26.3 Å². The molecular weight excluding hydrogens is 541 g/mol. The number of hydrogen-bond acceptors (Lipinski definition) is 6. The first-order valence-corrected chi connectivity index (χ1v) is 13.5. The molecule has 0 radical (unpaired) electrons. The lowest BCUT2D eigenvalue weighted by atomic mass is 10.2. The summed E-state index contributed by atoms with van der Waals surface area (Å²) in [7, 11) is 3.62. The fraction of sp³-hybridized carbons (Fsp3) is 0.172. The zero-order valence-electron chi connectivity index (χ0n) is 20.9. The van der Waals surface area contributed by atoms with Crippen LogP contribution in [0.5, 0.6) is 11.5 Å². The number of aromatic nitrogens is 2. The van der Waals surface area contributed by atoms with Gasteiger partial charge in [-0.25, -0.2) is 4.98 Å². The van der Waals surface area contributed by atoms with Crippen LogP contribution < -0.4 is 15.0 Å². The third kappa shape index (κ3) is 5.87. The van der Waals surface area contributed by atoms with Crippen molar-refractivity contribution in [2.24, 2.45) is 0 Å². The van der Waals surface area contributed by atoms with Crippen LogP contribution in [0, 0.1) is 0 Å². The number of nitrogens with zero attached hydrogens (tertiary/aromatic N) is 3. The quantitative estimate of drug-likeness (QED) is 0.194. The van der Waals surface area contributed by atoms with Crippen molar-refractivity contribution in [2.75, 3.05) is 27.3 Å². The minimum atomic E-state index is -0.139. The van der Waals surface area contributed by atoms with Gasteiger partial charge in [0.2, 0.25) is 0 Å². The number of fused-ring (bicyclic) bond motifs is 1. The first-order valence-electron chi connectivity index (χ1n) is 11.9. The number of halogens is 2. The molecule has 0 spiro atoms. The lowest BCUT2D eigenvalue weighted by molar-refractivity contribution is 0.226. The summed E-state index contributed by atoms with van der Waals surface area (Å²) in [4.78, 5) is 21.0. The molecule has 0 aliphatic heterocycles. The van der Waals surface area contributed by atoms with Crippen molar-refractivity contribution in [3.63, 3.8) is 0 Å². The van der Waals surface area contributed by atoms with Gasteiger partial charge in [0.15, 0.2) is 11.5 Å². The lowest BCUT2D eigenvalue weighted by Crippen LogP contribution is -2.24. The van der Waals surface area contributed by atoms with Crippen molar-refractivity contribution >= 4 is 44.8 Å². The summed E-state index contributed by atoms with van der Waals surface area (Å²) >= 11 is 13.4. The van der Waals surface area contributed by atoms with E-state index in [1.54, 1.807) is 19.5 Å². The third-order valence-corrected chi connectivity index (χ3v) is 7.75. The van der Waals surface area contributed by atoms with E-state index in [1.165, 1.54) is 21.5 Å². The highest BCUT2D eigenvalue weighted by Gasteiger charge is 2.14. The average molecular weight is 567 g/mol. The summed E-state index contributed by atoms with van der Waals surface area (Å²) < 4.78 is 13.7. The third-order valence-electron chi connectivity index (χ3n) is 6.09. The van der Waals surface area contributed by atoms with Crippen LogP contribution in [0.4, 0.5) is 0 Å². The summed E-state index contributed by atoms with van der Waals surface area (Å²) in [6.45, 7) is 2.00. The van der Waals surface area contributed by atoms with Crippen LogP contribution >= 0.6 is 34.5 Å². The van der Waals surface area contributed by atoms with Crippen molar-refractivity contribution in [3.05, 3.63) is 105 Å². The Morgan fingerprint density at radius 1 is 0.947 bits per heavy atom. The molecule has 0 unspecified atom stereocenters. The van der Waals surface area contributed by atoms with Crippen LogP contribution in [-0.2, 0) is 6.54 Å². The Hall–Kier alpha value is -3.36.